The Morgan fingerprint density at radius 2 is 1.75 bits per heavy atom. The molecule has 0 atom stereocenters. The van der Waals surface area contributed by atoms with Gasteiger partial charge in [0.1, 0.15) is 23.2 Å². The molecule has 0 aliphatic carbocycles. The Hall–Kier alpha value is -4.09. The average molecular weight is 367 g/mol. The number of nitrogens with one attached hydrogen (secondary N) is 1. The lowest BCUT2D eigenvalue weighted by atomic mass is 10.1. The van der Waals surface area contributed by atoms with Gasteiger partial charge in [-0.25, -0.2) is 0 Å². The molecule has 0 aliphatic heterocycles. The van der Waals surface area contributed by atoms with E-state index in [1.165, 1.54) is 6.08 Å². The Labute approximate surface area is 163 Å². The summed E-state index contributed by atoms with van der Waals surface area (Å²) in [7, 11) is 0. The molecule has 1 aromatic heterocycles. The quantitative estimate of drug-likeness (QED) is 0.520. The third kappa shape index (κ3) is 4.17. The summed E-state index contributed by atoms with van der Waals surface area (Å²) in [4.78, 5) is 12.4. The van der Waals surface area contributed by atoms with Crippen molar-refractivity contribution in [3.63, 3.8) is 0 Å². The molecule has 136 valence electrons. The van der Waals surface area contributed by atoms with Gasteiger partial charge in [0.15, 0.2) is 0 Å². The predicted molar refractivity (Wildman–Crippen MR) is 107 cm³/mol. The van der Waals surface area contributed by atoms with E-state index in [9.17, 15) is 10.1 Å². The van der Waals surface area contributed by atoms with E-state index in [4.69, 9.17) is 9.68 Å². The predicted octanol–water partition coefficient (Wildman–Crippen LogP) is 4.98. The number of nitrogens with zero attached hydrogens (tertiary/aromatic N) is 2. The fourth-order valence-electron chi connectivity index (χ4n) is 2.60. The minimum atomic E-state index is -0.498. The summed E-state index contributed by atoms with van der Waals surface area (Å²) in [5.41, 5.74) is 4.12. The number of benzene rings is 2. The fraction of sp³-hybridized carbons (Fsp3) is 0.0870. The molecule has 5 nitrogen and oxygen atoms in total. The van der Waals surface area contributed by atoms with Crippen LogP contribution >= 0.6 is 0 Å². The molecule has 1 N–H and O–H groups in total. The van der Waals surface area contributed by atoms with Crippen molar-refractivity contribution >= 4 is 17.7 Å². The summed E-state index contributed by atoms with van der Waals surface area (Å²) >= 11 is 0. The second-order valence-corrected chi connectivity index (χ2v) is 6.31. The highest BCUT2D eigenvalue weighted by Gasteiger charge is 2.12. The van der Waals surface area contributed by atoms with Crippen LogP contribution < -0.4 is 5.32 Å². The second kappa shape index (κ2) is 8.07. The van der Waals surface area contributed by atoms with Gasteiger partial charge >= 0.3 is 0 Å². The number of amides is 1. The minimum absolute atomic E-state index is 0.0565. The van der Waals surface area contributed by atoms with Gasteiger partial charge in [0.2, 0.25) is 0 Å². The van der Waals surface area contributed by atoms with E-state index in [1.807, 2.05) is 32.0 Å². The van der Waals surface area contributed by atoms with Crippen molar-refractivity contribution in [3.05, 3.63) is 82.6 Å². The number of furan rings is 1. The molecule has 0 saturated carbocycles. The summed E-state index contributed by atoms with van der Waals surface area (Å²) in [5.74, 6) is 0.482. The SMILES string of the molecule is Cc1ccc(NC(=O)/C(C#N)=C/c2ccc(-c3ccc(C#N)cc3)o2)cc1C. The van der Waals surface area contributed by atoms with E-state index in [2.05, 4.69) is 11.4 Å². The maximum Gasteiger partial charge on any atom is 0.266 e. The number of hydrogen-bond donors (Lipinski definition) is 1. The molecule has 2 aromatic carbocycles. The molecule has 1 amide bonds. The molecule has 3 rings (SSSR count). The van der Waals surface area contributed by atoms with E-state index < -0.39 is 5.91 Å². The largest absolute Gasteiger partial charge is 0.457 e. The van der Waals surface area contributed by atoms with Crippen molar-refractivity contribution in [2.24, 2.45) is 0 Å². The Morgan fingerprint density at radius 1 is 1.00 bits per heavy atom. The lowest BCUT2D eigenvalue weighted by molar-refractivity contribution is -0.112. The number of carbonyl (C=O) groups excluding carboxylic acids is 1. The second-order valence-electron chi connectivity index (χ2n) is 6.31. The van der Waals surface area contributed by atoms with Crippen LogP contribution in [0.4, 0.5) is 5.69 Å². The van der Waals surface area contributed by atoms with E-state index in [-0.39, 0.29) is 5.57 Å². The van der Waals surface area contributed by atoms with Gasteiger partial charge in [-0.3, -0.25) is 4.79 Å². The zero-order valence-corrected chi connectivity index (χ0v) is 15.5. The van der Waals surface area contributed by atoms with Gasteiger partial charge in [0, 0.05) is 17.3 Å². The van der Waals surface area contributed by atoms with Crippen LogP contribution in [0.25, 0.3) is 17.4 Å². The average Bonchev–Trinajstić information content (AvgIpc) is 3.17. The molecule has 0 unspecified atom stereocenters. The van der Waals surface area contributed by atoms with Crippen LogP contribution in [0.3, 0.4) is 0 Å². The zero-order chi connectivity index (χ0) is 20.1. The lowest BCUT2D eigenvalue weighted by Gasteiger charge is -2.06. The maximum atomic E-state index is 12.4. The van der Waals surface area contributed by atoms with Gasteiger partial charge in [-0.15, -0.1) is 0 Å². The highest BCUT2D eigenvalue weighted by molar-refractivity contribution is 6.09. The molecule has 0 aliphatic rings. The number of hydrogen-bond acceptors (Lipinski definition) is 4. The van der Waals surface area contributed by atoms with E-state index in [0.29, 0.717) is 22.8 Å². The molecule has 1 heterocycles. The van der Waals surface area contributed by atoms with Gasteiger partial charge in [-0.2, -0.15) is 10.5 Å². The van der Waals surface area contributed by atoms with Crippen LogP contribution in [-0.2, 0) is 4.79 Å². The van der Waals surface area contributed by atoms with Crippen LogP contribution in [0.2, 0.25) is 0 Å². The van der Waals surface area contributed by atoms with Crippen LogP contribution in [-0.4, -0.2) is 5.91 Å². The minimum Gasteiger partial charge on any atom is -0.457 e. The number of anilines is 1. The molecule has 0 bridgehead atoms. The van der Waals surface area contributed by atoms with E-state index in [0.717, 1.165) is 16.7 Å². The molecule has 28 heavy (non-hydrogen) atoms. The van der Waals surface area contributed by atoms with Gasteiger partial charge in [-0.1, -0.05) is 6.07 Å². The van der Waals surface area contributed by atoms with Crippen LogP contribution in [0.5, 0.6) is 0 Å². The Kier molecular flexibility index (Phi) is 5.39. The first-order valence-electron chi connectivity index (χ1n) is 8.61. The standard InChI is InChI=1S/C23H17N3O2/c1-15-3-8-20(11-16(15)2)26-23(27)19(14-25)12-21-9-10-22(28-21)18-6-4-17(13-24)5-7-18/h3-12H,1-2H3,(H,26,27)/b19-12+. The fourth-order valence-corrected chi connectivity index (χ4v) is 2.60. The molecule has 0 fully saturated rings. The summed E-state index contributed by atoms with van der Waals surface area (Å²) in [6, 6.07) is 19.9. The topological polar surface area (TPSA) is 89.8 Å². The number of aryl methyl sites for hydroxylation is 2. The maximum absolute atomic E-state index is 12.4. The van der Waals surface area contributed by atoms with Crippen LogP contribution in [0.1, 0.15) is 22.5 Å². The smallest absolute Gasteiger partial charge is 0.266 e. The summed E-state index contributed by atoms with van der Waals surface area (Å²) in [6.07, 6.45) is 1.41. The van der Waals surface area contributed by atoms with Gasteiger partial charge < -0.3 is 9.73 Å². The summed E-state index contributed by atoms with van der Waals surface area (Å²) < 4.78 is 5.72. The van der Waals surface area contributed by atoms with Gasteiger partial charge in [-0.05, 0) is 73.5 Å². The van der Waals surface area contributed by atoms with Crippen molar-refractivity contribution in [1.82, 2.24) is 0 Å². The normalized spacial score (nSPS) is 10.8. The highest BCUT2D eigenvalue weighted by atomic mass is 16.3. The zero-order valence-electron chi connectivity index (χ0n) is 15.5. The highest BCUT2D eigenvalue weighted by Crippen LogP contribution is 2.24. The van der Waals surface area contributed by atoms with Crippen LogP contribution in [0, 0.1) is 36.5 Å². The summed E-state index contributed by atoms with van der Waals surface area (Å²) in [6.45, 7) is 3.95. The molecule has 0 radical (unpaired) electrons. The molecule has 5 heteroatoms. The lowest BCUT2D eigenvalue weighted by Crippen LogP contribution is -2.13. The van der Waals surface area contributed by atoms with E-state index >= 15 is 0 Å². The van der Waals surface area contributed by atoms with Crippen molar-refractivity contribution in [2.45, 2.75) is 13.8 Å². The number of rotatable bonds is 4. The van der Waals surface area contributed by atoms with E-state index in [1.54, 1.807) is 42.5 Å². The van der Waals surface area contributed by atoms with Crippen LogP contribution in [0.15, 0.2) is 64.6 Å². The third-order valence-corrected chi connectivity index (χ3v) is 4.34. The van der Waals surface area contributed by atoms with Gasteiger partial charge in [0.05, 0.1) is 11.6 Å². The molecule has 3 aromatic rings. The Bertz CT molecular complexity index is 1140. The summed E-state index contributed by atoms with van der Waals surface area (Å²) in [5, 5.41) is 21.0. The van der Waals surface area contributed by atoms with Crippen molar-refractivity contribution in [3.8, 4) is 23.5 Å². The number of nitriles is 2. The third-order valence-electron chi connectivity index (χ3n) is 4.34. The molecular formula is C23H17N3O2. The van der Waals surface area contributed by atoms with Crippen molar-refractivity contribution < 1.29 is 9.21 Å². The first kappa shape index (κ1) is 18.7. The Balaban J connectivity index is 1.79. The first-order valence-corrected chi connectivity index (χ1v) is 8.61. The van der Waals surface area contributed by atoms with Crippen molar-refractivity contribution in [1.29, 1.82) is 10.5 Å². The van der Waals surface area contributed by atoms with Gasteiger partial charge in [0.25, 0.3) is 5.91 Å². The first-order chi connectivity index (χ1) is 13.5. The molecule has 0 saturated heterocycles. The number of carbonyl (C=O) groups is 1. The Morgan fingerprint density at radius 3 is 2.39 bits per heavy atom. The molecule has 0 spiro atoms. The monoisotopic (exact) mass is 367 g/mol. The molecular weight excluding hydrogens is 350 g/mol. The van der Waals surface area contributed by atoms with Crippen molar-refractivity contribution in [2.75, 3.05) is 5.32 Å².